The van der Waals surface area contributed by atoms with E-state index in [1.807, 2.05) is 43.5 Å². The molecule has 0 aliphatic rings. The van der Waals surface area contributed by atoms with Gasteiger partial charge in [0.15, 0.2) is 0 Å². The number of rotatable bonds is 6. The minimum absolute atomic E-state index is 0.0682. The molecule has 1 amide bonds. The number of nitrogens with one attached hydrogen (secondary N) is 1. The highest BCUT2D eigenvalue weighted by atomic mass is 16.1. The van der Waals surface area contributed by atoms with Crippen LogP contribution in [0, 0.1) is 0 Å². The molecule has 2 rings (SSSR count). The van der Waals surface area contributed by atoms with Crippen molar-refractivity contribution < 1.29 is 4.79 Å². The van der Waals surface area contributed by atoms with Crippen LogP contribution in [0.2, 0.25) is 0 Å². The van der Waals surface area contributed by atoms with Crippen molar-refractivity contribution in [1.82, 2.24) is 5.32 Å². The first kappa shape index (κ1) is 18.8. The summed E-state index contributed by atoms with van der Waals surface area (Å²) in [4.78, 5) is 14.1. The first-order valence-corrected chi connectivity index (χ1v) is 8.69. The fraction of sp³-hybridized carbons (Fsp3) is 0.318. The third-order valence-corrected chi connectivity index (χ3v) is 4.15. The van der Waals surface area contributed by atoms with Crippen molar-refractivity contribution in [3.05, 3.63) is 71.8 Å². The summed E-state index contributed by atoms with van der Waals surface area (Å²) in [6, 6.07) is 18.5. The number of anilines is 1. The maximum absolute atomic E-state index is 11.9. The van der Waals surface area contributed by atoms with Crippen LogP contribution in [-0.4, -0.2) is 26.0 Å². The highest BCUT2D eigenvalue weighted by Gasteiger charge is 2.12. The zero-order valence-corrected chi connectivity index (χ0v) is 15.6. The minimum Gasteiger partial charge on any atom is -0.373 e. The van der Waals surface area contributed by atoms with Gasteiger partial charge in [-0.05, 0) is 34.8 Å². The van der Waals surface area contributed by atoms with Gasteiger partial charge in [-0.15, -0.1) is 0 Å². The van der Waals surface area contributed by atoms with Crippen molar-refractivity contribution >= 4 is 17.7 Å². The predicted molar refractivity (Wildman–Crippen MR) is 107 cm³/mol. The van der Waals surface area contributed by atoms with E-state index in [4.69, 9.17) is 0 Å². The highest BCUT2D eigenvalue weighted by Crippen LogP contribution is 2.22. The molecule has 0 aliphatic carbocycles. The van der Waals surface area contributed by atoms with E-state index in [2.05, 4.69) is 55.3 Å². The fourth-order valence-corrected chi connectivity index (χ4v) is 2.48. The van der Waals surface area contributed by atoms with E-state index < -0.39 is 0 Å². The van der Waals surface area contributed by atoms with E-state index in [-0.39, 0.29) is 11.3 Å². The molecular formula is C22H28N2O. The third kappa shape index (κ3) is 6.11. The number of para-hydroxylation sites is 1. The molecule has 0 heterocycles. The molecular weight excluding hydrogens is 308 g/mol. The molecule has 0 unspecified atom stereocenters. The van der Waals surface area contributed by atoms with Crippen LogP contribution < -0.4 is 10.2 Å². The quantitative estimate of drug-likeness (QED) is 0.800. The molecule has 2 aromatic carbocycles. The van der Waals surface area contributed by atoms with Gasteiger partial charge in [-0.3, -0.25) is 4.79 Å². The summed E-state index contributed by atoms with van der Waals surface area (Å²) >= 11 is 0. The molecule has 0 aliphatic heterocycles. The maximum Gasteiger partial charge on any atom is 0.244 e. The van der Waals surface area contributed by atoms with E-state index in [9.17, 15) is 4.79 Å². The Morgan fingerprint density at radius 2 is 1.68 bits per heavy atom. The van der Waals surface area contributed by atoms with Gasteiger partial charge in [-0.25, -0.2) is 0 Å². The molecule has 3 heteroatoms. The van der Waals surface area contributed by atoms with Crippen molar-refractivity contribution in [2.24, 2.45) is 0 Å². The largest absolute Gasteiger partial charge is 0.373 e. The Morgan fingerprint density at radius 3 is 2.28 bits per heavy atom. The predicted octanol–water partition coefficient (Wildman–Crippen LogP) is 4.25. The number of hydrogen-bond acceptors (Lipinski definition) is 2. The third-order valence-electron chi connectivity index (χ3n) is 4.15. The molecule has 0 saturated carbocycles. The first-order chi connectivity index (χ1) is 11.9. The number of amides is 1. The molecule has 1 N–H and O–H groups in total. The molecule has 0 saturated heterocycles. The minimum atomic E-state index is -0.0682. The van der Waals surface area contributed by atoms with Crippen LogP contribution in [0.3, 0.4) is 0 Å². The molecule has 3 nitrogen and oxygen atoms in total. The Morgan fingerprint density at radius 1 is 1.04 bits per heavy atom. The lowest BCUT2D eigenvalue weighted by Gasteiger charge is -2.19. The second-order valence-corrected chi connectivity index (χ2v) is 7.25. The first-order valence-electron chi connectivity index (χ1n) is 8.69. The van der Waals surface area contributed by atoms with Crippen molar-refractivity contribution in [2.75, 3.05) is 25.0 Å². The second kappa shape index (κ2) is 8.52. The molecule has 0 atom stereocenters. The highest BCUT2D eigenvalue weighted by molar-refractivity contribution is 5.91. The topological polar surface area (TPSA) is 32.3 Å². The van der Waals surface area contributed by atoms with Crippen molar-refractivity contribution in [2.45, 2.75) is 26.2 Å². The average molecular weight is 336 g/mol. The molecule has 0 bridgehead atoms. The van der Waals surface area contributed by atoms with Crippen molar-refractivity contribution in [3.63, 3.8) is 0 Å². The summed E-state index contributed by atoms with van der Waals surface area (Å²) in [5, 5.41) is 2.92. The number of nitrogens with zero attached hydrogens (tertiary/aromatic N) is 1. The summed E-state index contributed by atoms with van der Waals surface area (Å²) < 4.78 is 0. The fourth-order valence-electron chi connectivity index (χ4n) is 2.48. The molecule has 2 aromatic rings. The van der Waals surface area contributed by atoms with E-state index >= 15 is 0 Å². The van der Waals surface area contributed by atoms with Gasteiger partial charge in [-0.1, -0.05) is 63.2 Å². The Balaban J connectivity index is 1.79. The van der Waals surface area contributed by atoms with Crippen LogP contribution in [-0.2, 0) is 10.2 Å². The van der Waals surface area contributed by atoms with Gasteiger partial charge < -0.3 is 10.2 Å². The number of carbonyl (C=O) groups excluding carboxylic acids is 1. The van der Waals surface area contributed by atoms with E-state index in [0.717, 1.165) is 17.8 Å². The van der Waals surface area contributed by atoms with Crippen molar-refractivity contribution in [3.8, 4) is 0 Å². The van der Waals surface area contributed by atoms with Crippen molar-refractivity contribution in [1.29, 1.82) is 0 Å². The van der Waals surface area contributed by atoms with Gasteiger partial charge >= 0.3 is 0 Å². The molecule has 0 fully saturated rings. The van der Waals surface area contributed by atoms with Gasteiger partial charge in [0, 0.05) is 31.9 Å². The molecule has 132 valence electrons. The monoisotopic (exact) mass is 336 g/mol. The van der Waals surface area contributed by atoms with Gasteiger partial charge in [-0.2, -0.15) is 0 Å². The van der Waals surface area contributed by atoms with Crippen LogP contribution in [0.1, 0.15) is 31.9 Å². The SMILES string of the molecule is CN(CCNC(=O)/C=C/c1ccc(C(C)(C)C)cc1)c1ccccc1. The zero-order chi connectivity index (χ0) is 18.3. The number of carbonyl (C=O) groups is 1. The molecule has 25 heavy (non-hydrogen) atoms. The Kier molecular flexibility index (Phi) is 6.40. The van der Waals surface area contributed by atoms with Crippen LogP contribution in [0.4, 0.5) is 5.69 Å². The van der Waals surface area contributed by atoms with Gasteiger partial charge in [0.25, 0.3) is 0 Å². The van der Waals surface area contributed by atoms with Gasteiger partial charge in [0.2, 0.25) is 5.91 Å². The van der Waals surface area contributed by atoms with E-state index in [1.165, 1.54) is 5.56 Å². The van der Waals surface area contributed by atoms with Gasteiger partial charge in [0.1, 0.15) is 0 Å². The van der Waals surface area contributed by atoms with E-state index in [1.54, 1.807) is 6.08 Å². The lowest BCUT2D eigenvalue weighted by molar-refractivity contribution is -0.116. The summed E-state index contributed by atoms with van der Waals surface area (Å²) in [7, 11) is 2.02. The summed E-state index contributed by atoms with van der Waals surface area (Å²) in [6.07, 6.45) is 3.44. The number of likely N-dealkylation sites (N-methyl/N-ethyl adjacent to an activating group) is 1. The van der Waals surface area contributed by atoms with Crippen LogP contribution >= 0.6 is 0 Å². The Bertz CT molecular complexity index is 697. The lowest BCUT2D eigenvalue weighted by Crippen LogP contribution is -2.31. The van der Waals surface area contributed by atoms with Crippen LogP contribution in [0.25, 0.3) is 6.08 Å². The normalized spacial score (nSPS) is 11.5. The summed E-state index contributed by atoms with van der Waals surface area (Å²) in [5.41, 5.74) is 3.61. The summed E-state index contributed by atoms with van der Waals surface area (Å²) in [6.45, 7) is 7.95. The van der Waals surface area contributed by atoms with Crippen LogP contribution in [0.5, 0.6) is 0 Å². The van der Waals surface area contributed by atoms with Gasteiger partial charge in [0.05, 0.1) is 0 Å². The average Bonchev–Trinajstić information content (AvgIpc) is 2.60. The number of benzene rings is 2. The number of hydrogen-bond donors (Lipinski definition) is 1. The Labute approximate surface area is 151 Å². The molecule has 0 radical (unpaired) electrons. The maximum atomic E-state index is 11.9. The van der Waals surface area contributed by atoms with Crippen LogP contribution in [0.15, 0.2) is 60.7 Å². The summed E-state index contributed by atoms with van der Waals surface area (Å²) in [5.74, 6) is -0.0682. The standard InChI is InChI=1S/C22H28N2O/c1-22(2,3)19-13-10-18(11-14-19)12-15-21(25)23-16-17-24(4)20-8-6-5-7-9-20/h5-15H,16-17H2,1-4H3,(H,23,25)/b15-12+. The zero-order valence-electron chi connectivity index (χ0n) is 15.6. The Hall–Kier alpha value is -2.55. The molecule has 0 aromatic heterocycles. The smallest absolute Gasteiger partial charge is 0.244 e. The molecule has 0 spiro atoms. The second-order valence-electron chi connectivity index (χ2n) is 7.25. The van der Waals surface area contributed by atoms with E-state index in [0.29, 0.717) is 6.54 Å². The lowest BCUT2D eigenvalue weighted by atomic mass is 9.87.